The number of rotatable bonds is 2. The topological polar surface area (TPSA) is 87.5 Å². The zero-order chi connectivity index (χ0) is 14.3. The van der Waals surface area contributed by atoms with E-state index in [4.69, 9.17) is 5.11 Å². The van der Waals surface area contributed by atoms with Gasteiger partial charge in [-0.05, 0) is 22.6 Å². The predicted molar refractivity (Wildman–Crippen MR) is 80.9 cm³/mol. The highest BCUT2D eigenvalue weighted by Gasteiger charge is 2.17. The van der Waals surface area contributed by atoms with Crippen molar-refractivity contribution in [2.75, 3.05) is 0 Å². The molecule has 20 heavy (non-hydrogen) atoms. The van der Waals surface area contributed by atoms with Gasteiger partial charge in [0, 0.05) is 11.8 Å². The van der Waals surface area contributed by atoms with Crippen LogP contribution in [0.3, 0.4) is 0 Å². The van der Waals surface area contributed by atoms with E-state index in [1.54, 1.807) is 0 Å². The van der Waals surface area contributed by atoms with E-state index in [1.807, 2.05) is 30.3 Å². The van der Waals surface area contributed by atoms with Gasteiger partial charge >= 0.3 is 5.97 Å². The van der Waals surface area contributed by atoms with Crippen LogP contribution in [0.2, 0.25) is 0 Å². The summed E-state index contributed by atoms with van der Waals surface area (Å²) in [5, 5.41) is 11.9. The molecule has 100 valence electrons. The normalized spacial score (nSPS) is 10.8. The molecule has 0 saturated heterocycles. The van der Waals surface area contributed by atoms with Crippen LogP contribution in [0.1, 0.15) is 10.4 Å². The number of H-pyrrole nitrogens is 1. The molecule has 0 spiro atoms. The van der Waals surface area contributed by atoms with E-state index >= 15 is 0 Å². The van der Waals surface area contributed by atoms with Crippen LogP contribution in [0, 0.1) is 3.57 Å². The van der Waals surface area contributed by atoms with E-state index in [1.165, 1.54) is 0 Å². The van der Waals surface area contributed by atoms with Gasteiger partial charge < -0.3 is 5.11 Å². The Balaban J connectivity index is 2.33. The number of carboxylic acids is 1. The quantitative estimate of drug-likeness (QED) is 0.665. The summed E-state index contributed by atoms with van der Waals surface area (Å²) in [7, 11) is 0. The van der Waals surface area contributed by atoms with Gasteiger partial charge in [0.1, 0.15) is 5.56 Å². The van der Waals surface area contributed by atoms with E-state index < -0.39 is 11.5 Å². The Morgan fingerprint density at radius 3 is 2.65 bits per heavy atom. The second-order valence-corrected chi connectivity index (χ2v) is 5.19. The van der Waals surface area contributed by atoms with Crippen molar-refractivity contribution < 1.29 is 9.90 Å². The third-order valence-electron chi connectivity index (χ3n) is 2.89. The minimum atomic E-state index is -1.29. The number of fused-ring (bicyclic) bond motifs is 1. The van der Waals surface area contributed by atoms with Gasteiger partial charge in [0.25, 0.3) is 5.56 Å². The molecule has 0 saturated carbocycles. The highest BCUT2D eigenvalue weighted by molar-refractivity contribution is 14.1. The fourth-order valence-electron chi connectivity index (χ4n) is 1.93. The van der Waals surface area contributed by atoms with Crippen molar-refractivity contribution in [3.05, 3.63) is 56.0 Å². The molecular weight excluding hydrogens is 373 g/mol. The number of hydrogen-bond acceptors (Lipinski definition) is 3. The molecule has 7 heteroatoms. The van der Waals surface area contributed by atoms with Crippen LogP contribution in [-0.4, -0.2) is 25.7 Å². The molecule has 0 bridgehead atoms. The second kappa shape index (κ2) is 4.75. The number of aromatic nitrogens is 3. The summed E-state index contributed by atoms with van der Waals surface area (Å²) >= 11 is 2.08. The van der Waals surface area contributed by atoms with Crippen molar-refractivity contribution >= 4 is 34.2 Å². The van der Waals surface area contributed by atoms with Gasteiger partial charge in [-0.3, -0.25) is 9.89 Å². The average Bonchev–Trinajstić information content (AvgIpc) is 2.78. The van der Waals surface area contributed by atoms with E-state index in [-0.39, 0.29) is 5.56 Å². The summed E-state index contributed by atoms with van der Waals surface area (Å²) < 4.78 is 1.93. The zero-order valence-electron chi connectivity index (χ0n) is 10.0. The largest absolute Gasteiger partial charge is 0.477 e. The first kappa shape index (κ1) is 12.9. The number of nitrogens with one attached hydrogen (secondary N) is 1. The number of nitrogens with zero attached hydrogens (tertiary/aromatic N) is 2. The van der Waals surface area contributed by atoms with Crippen LogP contribution in [0.25, 0.3) is 16.9 Å². The van der Waals surface area contributed by atoms with Crippen molar-refractivity contribution in [2.45, 2.75) is 0 Å². The van der Waals surface area contributed by atoms with Crippen molar-refractivity contribution in [3.63, 3.8) is 0 Å². The van der Waals surface area contributed by atoms with Crippen LogP contribution in [0.4, 0.5) is 0 Å². The average molecular weight is 381 g/mol. The summed E-state index contributed by atoms with van der Waals surface area (Å²) in [6, 6.07) is 9.46. The zero-order valence-corrected chi connectivity index (χ0v) is 12.2. The summed E-state index contributed by atoms with van der Waals surface area (Å²) in [4.78, 5) is 27.1. The highest BCUT2D eigenvalue weighted by Crippen LogP contribution is 2.25. The van der Waals surface area contributed by atoms with Crippen LogP contribution in [0.15, 0.2) is 41.3 Å². The van der Waals surface area contributed by atoms with E-state index in [0.717, 1.165) is 25.5 Å². The lowest BCUT2D eigenvalue weighted by Gasteiger charge is -1.96. The van der Waals surface area contributed by atoms with Crippen molar-refractivity contribution in [1.82, 2.24) is 14.6 Å². The summed E-state index contributed by atoms with van der Waals surface area (Å²) in [5.41, 5.74) is 1.07. The molecule has 2 aromatic heterocycles. The molecule has 2 heterocycles. The molecule has 0 unspecified atom stereocenters. The van der Waals surface area contributed by atoms with E-state index in [9.17, 15) is 9.59 Å². The van der Waals surface area contributed by atoms with Gasteiger partial charge in [-0.25, -0.2) is 9.78 Å². The number of carboxylic acid groups (broad SMARTS) is 1. The van der Waals surface area contributed by atoms with Gasteiger partial charge in [-0.15, -0.1) is 0 Å². The van der Waals surface area contributed by atoms with Crippen molar-refractivity contribution in [3.8, 4) is 11.3 Å². The number of benzene rings is 1. The first-order chi connectivity index (χ1) is 9.59. The third-order valence-corrected chi connectivity index (χ3v) is 3.92. The fourth-order valence-corrected chi connectivity index (χ4v) is 2.74. The Bertz CT molecular complexity index is 868. The Labute approximate surface area is 126 Å². The third kappa shape index (κ3) is 1.90. The van der Waals surface area contributed by atoms with Gasteiger partial charge in [-0.1, -0.05) is 30.3 Å². The summed E-state index contributed by atoms with van der Waals surface area (Å²) in [5.74, 6) is -1.29. The van der Waals surface area contributed by atoms with Gasteiger partial charge in [0.05, 0.1) is 9.26 Å². The number of halogens is 1. The van der Waals surface area contributed by atoms with Gasteiger partial charge in [0.2, 0.25) is 0 Å². The minimum Gasteiger partial charge on any atom is -0.477 e. The molecule has 0 amide bonds. The van der Waals surface area contributed by atoms with Crippen LogP contribution in [0.5, 0.6) is 0 Å². The number of aromatic amines is 1. The smallest absolute Gasteiger partial charge is 0.343 e. The van der Waals surface area contributed by atoms with Crippen molar-refractivity contribution in [1.29, 1.82) is 0 Å². The van der Waals surface area contributed by atoms with Gasteiger partial charge in [0.15, 0.2) is 5.65 Å². The highest BCUT2D eigenvalue weighted by atomic mass is 127. The molecule has 1 aromatic carbocycles. The molecule has 0 aliphatic heterocycles. The van der Waals surface area contributed by atoms with Crippen LogP contribution >= 0.6 is 22.6 Å². The lowest BCUT2D eigenvalue weighted by Crippen LogP contribution is -2.23. The van der Waals surface area contributed by atoms with Crippen LogP contribution in [-0.2, 0) is 0 Å². The Morgan fingerprint density at radius 2 is 2.00 bits per heavy atom. The molecule has 0 aliphatic carbocycles. The Kier molecular flexibility index (Phi) is 3.05. The number of hydrogen-bond donors (Lipinski definition) is 2. The maximum Gasteiger partial charge on any atom is 0.343 e. The number of carbonyl (C=O) groups is 1. The second-order valence-electron chi connectivity index (χ2n) is 4.11. The summed E-state index contributed by atoms with van der Waals surface area (Å²) in [6.07, 6.45) is 1.09. The summed E-state index contributed by atoms with van der Waals surface area (Å²) in [6.45, 7) is 0. The molecule has 0 aliphatic rings. The molecule has 2 N–H and O–H groups in total. The molecule has 0 fully saturated rings. The fraction of sp³-hybridized carbons (Fsp3) is 0. The van der Waals surface area contributed by atoms with E-state index in [2.05, 4.69) is 32.7 Å². The van der Waals surface area contributed by atoms with Gasteiger partial charge in [-0.2, -0.15) is 4.52 Å². The maximum atomic E-state index is 12.1. The first-order valence-corrected chi connectivity index (χ1v) is 6.75. The Morgan fingerprint density at radius 1 is 1.30 bits per heavy atom. The lowest BCUT2D eigenvalue weighted by atomic mass is 10.2. The molecular formula is C13H8IN3O3. The molecule has 0 radical (unpaired) electrons. The molecule has 3 rings (SSSR count). The standard InChI is InChI=1S/C13H8IN3O3/c14-9-10(7-4-2-1-3-5-7)16-17-11(9)15-6-8(12(17)18)13(19)20/h1-6,16H,(H,19,20). The SMILES string of the molecule is O=C(O)c1cnc2c(I)c(-c3ccccc3)[nH]n2c1=O. The molecule has 0 atom stereocenters. The van der Waals surface area contributed by atoms with Crippen molar-refractivity contribution in [2.24, 2.45) is 0 Å². The molecule has 3 aromatic rings. The number of aromatic carboxylic acids is 1. The maximum absolute atomic E-state index is 12.1. The predicted octanol–water partition coefficient (Wildman–Crippen LogP) is 1.99. The monoisotopic (exact) mass is 381 g/mol. The first-order valence-electron chi connectivity index (χ1n) is 5.67. The van der Waals surface area contributed by atoms with Crippen LogP contribution < -0.4 is 5.56 Å². The minimum absolute atomic E-state index is 0.361. The van der Waals surface area contributed by atoms with E-state index in [0.29, 0.717) is 5.65 Å². The Hall–Kier alpha value is -2.16. The lowest BCUT2D eigenvalue weighted by molar-refractivity contribution is 0.0694. The molecule has 6 nitrogen and oxygen atoms in total.